The summed E-state index contributed by atoms with van der Waals surface area (Å²) in [6.45, 7) is 1.88. The molecule has 5 nitrogen and oxygen atoms in total. The van der Waals surface area contributed by atoms with Crippen LogP contribution in [-0.4, -0.2) is 18.6 Å². The molecule has 9 heteroatoms. The first-order valence-electron chi connectivity index (χ1n) is 5.22. The first-order chi connectivity index (χ1) is 8.92. The molecule has 0 unspecified atom stereocenters. The minimum Gasteiger partial charge on any atom is -0.253 e. The summed E-state index contributed by atoms with van der Waals surface area (Å²) >= 11 is 4.19. The summed E-state index contributed by atoms with van der Waals surface area (Å²) in [7, 11) is -3.99. The highest BCUT2D eigenvalue weighted by Gasteiger charge is 2.21. The fourth-order valence-corrected chi connectivity index (χ4v) is 3.60. The second-order valence-electron chi connectivity index (χ2n) is 3.53. The molecule has 0 spiro atoms. The van der Waals surface area contributed by atoms with Crippen molar-refractivity contribution in [2.24, 2.45) is 0 Å². The van der Waals surface area contributed by atoms with E-state index in [0.29, 0.717) is 15.9 Å². The second kappa shape index (κ2) is 5.51. The predicted molar refractivity (Wildman–Crippen MR) is 74.2 cm³/mol. The molecule has 1 aromatic heterocycles. The van der Waals surface area contributed by atoms with E-state index in [2.05, 4.69) is 30.8 Å². The minimum atomic E-state index is -3.99. The van der Waals surface area contributed by atoms with E-state index in [1.165, 1.54) is 12.1 Å². The second-order valence-corrected chi connectivity index (χ2v) is 7.16. The molecular weight excluding hydrogens is 357 g/mol. The molecule has 0 aliphatic heterocycles. The number of anilines is 1. The maximum atomic E-state index is 13.6. The van der Waals surface area contributed by atoms with Crippen LogP contribution < -0.4 is 4.72 Å². The lowest BCUT2D eigenvalue weighted by atomic mass is 10.3. The zero-order chi connectivity index (χ0) is 14.0. The fourth-order valence-electron chi connectivity index (χ4n) is 1.30. The summed E-state index contributed by atoms with van der Waals surface area (Å²) in [5.41, 5.74) is 0. The quantitative estimate of drug-likeness (QED) is 0.903. The van der Waals surface area contributed by atoms with Gasteiger partial charge in [0.25, 0.3) is 10.0 Å². The lowest BCUT2D eigenvalue weighted by Crippen LogP contribution is -2.14. The van der Waals surface area contributed by atoms with E-state index < -0.39 is 20.7 Å². The van der Waals surface area contributed by atoms with Gasteiger partial charge in [0.2, 0.25) is 5.13 Å². The standard InChI is InChI=1S/C10H9BrFN3O2S2/c1-2-9-13-14-10(18-9)15-19(16,17)8-4-3-6(11)5-7(8)12/h3-5H,2H2,1H3,(H,14,15). The van der Waals surface area contributed by atoms with Crippen molar-refractivity contribution in [3.8, 4) is 0 Å². The van der Waals surface area contributed by atoms with Crippen LogP contribution in [0.5, 0.6) is 0 Å². The van der Waals surface area contributed by atoms with Crippen LogP contribution in [0.1, 0.15) is 11.9 Å². The number of nitrogens with one attached hydrogen (secondary N) is 1. The Balaban J connectivity index is 2.32. The summed E-state index contributed by atoms with van der Waals surface area (Å²) in [4.78, 5) is -0.427. The molecule has 0 fully saturated rings. The SMILES string of the molecule is CCc1nnc(NS(=O)(=O)c2ccc(Br)cc2F)s1. The van der Waals surface area contributed by atoms with E-state index in [1.54, 1.807) is 0 Å². The largest absolute Gasteiger partial charge is 0.266 e. The molecule has 1 N–H and O–H groups in total. The Morgan fingerprint density at radius 2 is 2.16 bits per heavy atom. The Kier molecular flexibility index (Phi) is 4.16. The third kappa shape index (κ3) is 3.28. The topological polar surface area (TPSA) is 72.0 Å². The van der Waals surface area contributed by atoms with Crippen molar-refractivity contribution in [2.45, 2.75) is 18.2 Å². The molecule has 0 amide bonds. The van der Waals surface area contributed by atoms with Crippen molar-refractivity contribution in [1.82, 2.24) is 10.2 Å². The van der Waals surface area contributed by atoms with E-state index in [9.17, 15) is 12.8 Å². The van der Waals surface area contributed by atoms with Gasteiger partial charge in [-0.25, -0.2) is 12.8 Å². The van der Waals surface area contributed by atoms with Crippen molar-refractivity contribution in [3.05, 3.63) is 33.5 Å². The van der Waals surface area contributed by atoms with Crippen LogP contribution in [0.25, 0.3) is 0 Å². The minimum absolute atomic E-state index is 0.124. The van der Waals surface area contributed by atoms with Gasteiger partial charge in [-0.05, 0) is 24.6 Å². The number of halogens is 2. The molecule has 0 bridgehead atoms. The van der Waals surface area contributed by atoms with Gasteiger partial charge >= 0.3 is 0 Å². The van der Waals surface area contributed by atoms with Gasteiger partial charge in [-0.3, -0.25) is 4.72 Å². The number of aryl methyl sites for hydroxylation is 1. The average Bonchev–Trinajstić information content (AvgIpc) is 2.75. The van der Waals surface area contributed by atoms with Crippen molar-refractivity contribution < 1.29 is 12.8 Å². The molecule has 0 aliphatic rings. The number of hydrogen-bond acceptors (Lipinski definition) is 5. The van der Waals surface area contributed by atoms with E-state index in [-0.39, 0.29) is 5.13 Å². The molecule has 102 valence electrons. The zero-order valence-electron chi connectivity index (χ0n) is 9.72. The molecule has 19 heavy (non-hydrogen) atoms. The highest BCUT2D eigenvalue weighted by Crippen LogP contribution is 2.23. The van der Waals surface area contributed by atoms with Gasteiger partial charge < -0.3 is 0 Å². The van der Waals surface area contributed by atoms with Crippen LogP contribution in [-0.2, 0) is 16.4 Å². The van der Waals surface area contributed by atoms with Crippen LogP contribution in [0.15, 0.2) is 27.6 Å². The van der Waals surface area contributed by atoms with Crippen molar-refractivity contribution in [3.63, 3.8) is 0 Å². The smallest absolute Gasteiger partial charge is 0.253 e. The Morgan fingerprint density at radius 3 is 2.74 bits per heavy atom. The van der Waals surface area contributed by atoms with Gasteiger partial charge in [-0.2, -0.15) is 0 Å². The zero-order valence-corrected chi connectivity index (χ0v) is 12.9. The molecule has 1 aromatic carbocycles. The van der Waals surface area contributed by atoms with Gasteiger partial charge in [-0.1, -0.05) is 34.2 Å². The predicted octanol–water partition coefficient (Wildman–Crippen LogP) is 2.80. The van der Waals surface area contributed by atoms with Crippen LogP contribution in [0.4, 0.5) is 9.52 Å². The van der Waals surface area contributed by atoms with Gasteiger partial charge in [0.15, 0.2) is 0 Å². The molecule has 2 aromatic rings. The number of aromatic nitrogens is 2. The summed E-state index contributed by atoms with van der Waals surface area (Å²) in [5, 5.41) is 8.31. The fraction of sp³-hybridized carbons (Fsp3) is 0.200. The van der Waals surface area contributed by atoms with E-state index >= 15 is 0 Å². The maximum Gasteiger partial charge on any atom is 0.266 e. The Labute approximate surface area is 122 Å². The van der Waals surface area contributed by atoms with Crippen LogP contribution in [0.3, 0.4) is 0 Å². The van der Waals surface area contributed by atoms with Crippen LogP contribution in [0.2, 0.25) is 0 Å². The highest BCUT2D eigenvalue weighted by molar-refractivity contribution is 9.10. The monoisotopic (exact) mass is 365 g/mol. The number of hydrogen-bond donors (Lipinski definition) is 1. The van der Waals surface area contributed by atoms with Crippen molar-refractivity contribution in [2.75, 3.05) is 4.72 Å². The molecule has 1 heterocycles. The number of sulfonamides is 1. The number of nitrogens with zero attached hydrogens (tertiary/aromatic N) is 2. The lowest BCUT2D eigenvalue weighted by Gasteiger charge is -2.05. The lowest BCUT2D eigenvalue weighted by molar-refractivity contribution is 0.570. The average molecular weight is 366 g/mol. The molecule has 0 saturated heterocycles. The molecular formula is C10H9BrFN3O2S2. The Bertz CT molecular complexity index is 703. The third-order valence-electron chi connectivity index (χ3n) is 2.17. The first kappa shape index (κ1) is 14.4. The van der Waals surface area contributed by atoms with Gasteiger partial charge in [-0.15, -0.1) is 10.2 Å². The molecule has 0 aliphatic carbocycles. The number of rotatable bonds is 4. The summed E-state index contributed by atoms with van der Waals surface area (Å²) in [5.74, 6) is -0.831. The molecule has 0 saturated carbocycles. The summed E-state index contributed by atoms with van der Waals surface area (Å²) in [6.07, 6.45) is 0.659. The molecule has 0 atom stereocenters. The molecule has 2 rings (SSSR count). The van der Waals surface area contributed by atoms with Gasteiger partial charge in [0, 0.05) is 4.47 Å². The van der Waals surface area contributed by atoms with E-state index in [4.69, 9.17) is 0 Å². The highest BCUT2D eigenvalue weighted by atomic mass is 79.9. The van der Waals surface area contributed by atoms with E-state index in [0.717, 1.165) is 17.4 Å². The Morgan fingerprint density at radius 1 is 1.42 bits per heavy atom. The van der Waals surface area contributed by atoms with Gasteiger partial charge in [0.05, 0.1) is 0 Å². The van der Waals surface area contributed by atoms with Crippen LogP contribution in [0, 0.1) is 5.82 Å². The normalized spacial score (nSPS) is 11.5. The summed E-state index contributed by atoms with van der Waals surface area (Å²) < 4.78 is 40.3. The van der Waals surface area contributed by atoms with Crippen molar-refractivity contribution in [1.29, 1.82) is 0 Å². The Hall–Kier alpha value is -1.06. The maximum absolute atomic E-state index is 13.6. The third-order valence-corrected chi connectivity index (χ3v) is 5.15. The summed E-state index contributed by atoms with van der Waals surface area (Å²) in [6, 6.07) is 3.73. The first-order valence-corrected chi connectivity index (χ1v) is 8.32. The van der Waals surface area contributed by atoms with Crippen molar-refractivity contribution >= 4 is 42.4 Å². The van der Waals surface area contributed by atoms with Crippen LogP contribution >= 0.6 is 27.3 Å². The number of benzene rings is 1. The van der Waals surface area contributed by atoms with Gasteiger partial charge in [0.1, 0.15) is 15.7 Å². The molecule has 0 radical (unpaired) electrons. The van der Waals surface area contributed by atoms with E-state index in [1.807, 2.05) is 6.92 Å².